The highest BCUT2D eigenvalue weighted by Crippen LogP contribution is 2.41. The number of hydrogen-bond donors (Lipinski definition) is 0. The Morgan fingerprint density at radius 1 is 0.316 bits per heavy atom. The van der Waals surface area contributed by atoms with Gasteiger partial charge in [0.15, 0.2) is 0 Å². The second-order valence-electron chi connectivity index (χ2n) is 25.3. The lowest BCUT2D eigenvalue weighted by atomic mass is 9.72. The molecule has 0 saturated carbocycles. The van der Waals surface area contributed by atoms with Crippen molar-refractivity contribution in [3.63, 3.8) is 0 Å². The van der Waals surface area contributed by atoms with Crippen molar-refractivity contribution in [3.8, 4) is 0 Å². The highest BCUT2D eigenvalue weighted by molar-refractivity contribution is 5.41. The number of pyridine rings is 2. The molecule has 0 saturated heterocycles. The molecule has 0 N–H and O–H groups in total. The quantitative estimate of drug-likeness (QED) is 0.0699. The summed E-state index contributed by atoms with van der Waals surface area (Å²) >= 11 is 0. The average Bonchev–Trinajstić information content (AvgIpc) is 3.45. The van der Waals surface area contributed by atoms with Crippen LogP contribution in [0.3, 0.4) is 0 Å². The lowest BCUT2D eigenvalue weighted by Gasteiger charge is -2.33. The molecule has 4 heteroatoms. The Balaban J connectivity index is -0.000000963. The average molecular weight is 1100 g/mol. The zero-order valence-corrected chi connectivity index (χ0v) is 54.7. The third-order valence-electron chi connectivity index (χ3n) is 21.8. The van der Waals surface area contributed by atoms with Crippen LogP contribution in [0.15, 0.2) is 60.9 Å². The molecule has 0 radical (unpaired) electrons. The van der Waals surface area contributed by atoms with Crippen LogP contribution in [0.4, 0.5) is 8.78 Å². The molecule has 2 heterocycles. The molecule has 4 aromatic rings. The van der Waals surface area contributed by atoms with Gasteiger partial charge in [0.1, 0.15) is 11.6 Å². The number of rotatable bonds is 24. The summed E-state index contributed by atoms with van der Waals surface area (Å²) in [7, 11) is 0. The maximum atomic E-state index is 14.8. The SMILES string of the molecule is C.C.C.CCC(C)(CC)c1cc(C)c(C(C)(CC)CC)c(F)c1.CCC(C)(CC)c1ccc(C(C)(CC)CC)c(C)c1.CCC(C)(CC)c1ccc(C(C)(CC)CC)nc1.CCC(C)(CC)c1cnc(C(C)(CC)CC)c(F)c1. The van der Waals surface area contributed by atoms with E-state index in [1.54, 1.807) is 12.1 Å². The van der Waals surface area contributed by atoms with Crippen LogP contribution in [0.5, 0.6) is 0 Å². The second kappa shape index (κ2) is 34.3. The van der Waals surface area contributed by atoms with Gasteiger partial charge in [0.05, 0.1) is 5.69 Å². The van der Waals surface area contributed by atoms with Gasteiger partial charge in [0.2, 0.25) is 0 Å². The van der Waals surface area contributed by atoms with Crippen LogP contribution in [0.2, 0.25) is 0 Å². The van der Waals surface area contributed by atoms with Crippen molar-refractivity contribution in [1.29, 1.82) is 0 Å². The molecule has 79 heavy (non-hydrogen) atoms. The smallest absolute Gasteiger partial charge is 0.145 e. The summed E-state index contributed by atoms with van der Waals surface area (Å²) in [5.41, 5.74) is 13.0. The molecule has 0 atom stereocenters. The van der Waals surface area contributed by atoms with E-state index >= 15 is 0 Å². The molecule has 0 fully saturated rings. The van der Waals surface area contributed by atoms with E-state index in [2.05, 4.69) is 228 Å². The number of aryl methyl sites for hydroxylation is 2. The molecule has 456 valence electrons. The highest BCUT2D eigenvalue weighted by Gasteiger charge is 2.33. The highest BCUT2D eigenvalue weighted by atomic mass is 19.1. The largest absolute Gasteiger partial charge is 0.260 e. The zero-order valence-electron chi connectivity index (χ0n) is 54.7. The first kappa shape index (κ1) is 79.8. The van der Waals surface area contributed by atoms with E-state index in [1.807, 2.05) is 6.20 Å². The summed E-state index contributed by atoms with van der Waals surface area (Å²) in [6.45, 7) is 57.9. The maximum absolute atomic E-state index is 14.8. The molecule has 0 bridgehead atoms. The first-order valence-electron chi connectivity index (χ1n) is 31.0. The van der Waals surface area contributed by atoms with Crippen LogP contribution < -0.4 is 0 Å². The number of hydrogen-bond acceptors (Lipinski definition) is 2. The third kappa shape index (κ3) is 18.8. The van der Waals surface area contributed by atoms with Gasteiger partial charge in [-0.3, -0.25) is 9.97 Å². The second-order valence-corrected chi connectivity index (χ2v) is 25.3. The molecular formula is C75H132F2N2. The van der Waals surface area contributed by atoms with Crippen molar-refractivity contribution < 1.29 is 8.78 Å². The van der Waals surface area contributed by atoms with Crippen molar-refractivity contribution in [2.24, 2.45) is 0 Å². The Kier molecular flexibility index (Phi) is 34.6. The van der Waals surface area contributed by atoms with Crippen LogP contribution >= 0.6 is 0 Å². The van der Waals surface area contributed by atoms with Gasteiger partial charge < -0.3 is 0 Å². The Morgan fingerprint density at radius 2 is 0.646 bits per heavy atom. The summed E-state index contributed by atoms with van der Waals surface area (Å²) in [6, 6.07) is 17.4. The predicted octanol–water partition coefficient (Wildman–Crippen LogP) is 25.0. The van der Waals surface area contributed by atoms with Crippen LogP contribution in [-0.2, 0) is 43.3 Å². The minimum Gasteiger partial charge on any atom is -0.260 e. The van der Waals surface area contributed by atoms with Crippen LogP contribution in [0, 0.1) is 25.5 Å². The normalized spacial score (nSPS) is 12.3. The van der Waals surface area contributed by atoms with Gasteiger partial charge in [-0.15, -0.1) is 0 Å². The van der Waals surface area contributed by atoms with Crippen molar-refractivity contribution in [2.75, 3.05) is 0 Å². The Morgan fingerprint density at radius 3 is 0.987 bits per heavy atom. The van der Waals surface area contributed by atoms with Gasteiger partial charge in [-0.2, -0.15) is 0 Å². The fourth-order valence-corrected chi connectivity index (χ4v) is 11.0. The Labute approximate surface area is 493 Å². The number of nitrogens with zero attached hydrogens (tertiary/aromatic N) is 2. The summed E-state index contributed by atoms with van der Waals surface area (Å²) in [4.78, 5) is 9.23. The fraction of sp³-hybridized carbons (Fsp3) is 0.707. The van der Waals surface area contributed by atoms with E-state index < -0.39 is 0 Å². The van der Waals surface area contributed by atoms with Crippen molar-refractivity contribution in [3.05, 3.63) is 128 Å². The molecule has 0 unspecified atom stereocenters. The first-order chi connectivity index (χ1) is 35.5. The van der Waals surface area contributed by atoms with E-state index in [0.29, 0.717) is 16.5 Å². The molecule has 0 amide bonds. The topological polar surface area (TPSA) is 25.8 Å². The lowest BCUT2D eigenvalue weighted by molar-refractivity contribution is 0.392. The summed E-state index contributed by atoms with van der Waals surface area (Å²) in [5.74, 6) is -0.156. The van der Waals surface area contributed by atoms with Gasteiger partial charge >= 0.3 is 0 Å². The van der Waals surface area contributed by atoms with E-state index in [9.17, 15) is 8.78 Å². The van der Waals surface area contributed by atoms with Gasteiger partial charge in [-0.05, 0) is 212 Å². The summed E-state index contributed by atoms with van der Waals surface area (Å²) in [5, 5.41) is 0. The van der Waals surface area contributed by atoms with Gasteiger partial charge in [-0.1, -0.05) is 219 Å². The molecular weight excluding hydrogens is 967 g/mol. The molecule has 4 rings (SSSR count). The molecule has 2 aromatic carbocycles. The van der Waals surface area contributed by atoms with Gasteiger partial charge in [-0.25, -0.2) is 8.78 Å². The van der Waals surface area contributed by atoms with Crippen molar-refractivity contribution in [2.45, 2.75) is 348 Å². The van der Waals surface area contributed by atoms with E-state index in [4.69, 9.17) is 4.98 Å². The molecule has 0 aliphatic rings. The van der Waals surface area contributed by atoms with Crippen LogP contribution in [0.1, 0.15) is 347 Å². The van der Waals surface area contributed by atoms with Gasteiger partial charge in [0, 0.05) is 28.9 Å². The first-order valence-corrected chi connectivity index (χ1v) is 31.0. The molecule has 0 spiro atoms. The van der Waals surface area contributed by atoms with Crippen LogP contribution in [-0.4, -0.2) is 9.97 Å². The molecule has 2 nitrogen and oxygen atoms in total. The van der Waals surface area contributed by atoms with Crippen molar-refractivity contribution in [1.82, 2.24) is 9.97 Å². The van der Waals surface area contributed by atoms with Crippen molar-refractivity contribution >= 4 is 0 Å². The molecule has 2 aromatic heterocycles. The number of halogens is 2. The fourth-order valence-electron chi connectivity index (χ4n) is 11.0. The zero-order chi connectivity index (χ0) is 58.7. The third-order valence-corrected chi connectivity index (χ3v) is 21.8. The summed E-state index contributed by atoms with van der Waals surface area (Å²) < 4.78 is 29.2. The minimum atomic E-state index is -0.155. The van der Waals surface area contributed by atoms with E-state index in [1.165, 1.54) is 66.5 Å². The molecule has 0 aliphatic carbocycles. The minimum absolute atomic E-state index is 0. The standard InChI is InChI=1S/C19H31F.C19H32.C17H28FN.C17H29N.3CH4/c1-8-18(6,9-2)15-12-14(5)17(16(20)13-15)19(7,10-3)11-4;1-8-18(6,9-2)16-12-13-17(15(5)14-16)19(7,10-3)11-4;1-7-16(5,8-2)13-11-14(18)15(19-12-13)17(6,9-3)10-4;1-7-16(5,8-2)14-11-12-15(18-13-14)17(6,9-3)10-4;;;/h12-13H,8-11H2,1-7H3;12-14H,8-11H2,1-7H3;11-12H,7-10H2,1-6H3;11-13H,7-10H2,1-6H3;3*1H4. The maximum Gasteiger partial charge on any atom is 0.145 e. The summed E-state index contributed by atoms with van der Waals surface area (Å²) in [6.07, 6.45) is 21.3. The van der Waals surface area contributed by atoms with Crippen LogP contribution in [0.25, 0.3) is 0 Å². The predicted molar refractivity (Wildman–Crippen MR) is 354 cm³/mol. The Hall–Kier alpha value is -3.40. The number of aromatic nitrogens is 2. The van der Waals surface area contributed by atoms with E-state index in [0.717, 1.165) is 86.5 Å². The monoisotopic (exact) mass is 1100 g/mol. The van der Waals surface area contributed by atoms with Gasteiger partial charge in [0.25, 0.3) is 0 Å². The van der Waals surface area contributed by atoms with E-state index in [-0.39, 0.29) is 66.4 Å². The molecule has 0 aliphatic heterocycles. The Bertz CT molecular complexity index is 2140. The lowest BCUT2D eigenvalue weighted by Crippen LogP contribution is -2.25. The number of benzene rings is 2.